The average Bonchev–Trinajstić information content (AvgIpc) is 2.19. The molecule has 0 fully saturated rings. The lowest BCUT2D eigenvalue weighted by Crippen LogP contribution is -2.09. The van der Waals surface area contributed by atoms with Crippen LogP contribution in [-0.4, -0.2) is 12.2 Å². The van der Waals surface area contributed by atoms with Crippen molar-refractivity contribution < 1.29 is 9.53 Å². The average molecular weight is 191 g/mol. The molecule has 1 atom stereocenters. The third-order valence-corrected chi connectivity index (χ3v) is 1.90. The van der Waals surface area contributed by atoms with E-state index in [-0.39, 0.29) is 6.10 Å². The minimum absolute atomic E-state index is 0.172. The number of isocyanates is 1. The van der Waals surface area contributed by atoms with Crippen molar-refractivity contribution in [2.75, 3.05) is 0 Å². The van der Waals surface area contributed by atoms with Crippen molar-refractivity contribution in [3.05, 3.63) is 24.3 Å². The Hall–Kier alpha value is -1.60. The summed E-state index contributed by atoms with van der Waals surface area (Å²) in [6, 6.07) is 7.09. The molecule has 0 radical (unpaired) electrons. The third-order valence-electron chi connectivity index (χ3n) is 1.90. The van der Waals surface area contributed by atoms with Crippen LogP contribution in [0.1, 0.15) is 20.3 Å². The minimum atomic E-state index is 0.172. The topological polar surface area (TPSA) is 38.7 Å². The van der Waals surface area contributed by atoms with Gasteiger partial charge in [0, 0.05) is 6.07 Å². The van der Waals surface area contributed by atoms with Crippen LogP contribution >= 0.6 is 0 Å². The molecule has 0 spiro atoms. The van der Waals surface area contributed by atoms with Crippen LogP contribution in [0.3, 0.4) is 0 Å². The van der Waals surface area contributed by atoms with E-state index in [0.717, 1.165) is 12.2 Å². The summed E-state index contributed by atoms with van der Waals surface area (Å²) in [5.41, 5.74) is 0.570. The van der Waals surface area contributed by atoms with Gasteiger partial charge in [-0.3, -0.25) is 0 Å². The molecule has 74 valence electrons. The fourth-order valence-corrected chi connectivity index (χ4v) is 0.995. The first-order chi connectivity index (χ1) is 6.76. The summed E-state index contributed by atoms with van der Waals surface area (Å²) in [4.78, 5) is 13.5. The molecule has 1 aromatic rings. The number of aliphatic imine (C=N–C) groups is 1. The van der Waals surface area contributed by atoms with Crippen molar-refractivity contribution in [2.45, 2.75) is 26.4 Å². The van der Waals surface area contributed by atoms with Crippen molar-refractivity contribution in [3.8, 4) is 5.75 Å². The fraction of sp³-hybridized carbons (Fsp3) is 0.364. The van der Waals surface area contributed by atoms with Gasteiger partial charge in [-0.05, 0) is 25.5 Å². The summed E-state index contributed by atoms with van der Waals surface area (Å²) < 4.78 is 5.56. The number of rotatable bonds is 4. The monoisotopic (exact) mass is 191 g/mol. The molecule has 0 aliphatic heterocycles. The van der Waals surface area contributed by atoms with Gasteiger partial charge in [-0.15, -0.1) is 0 Å². The second kappa shape index (κ2) is 5.20. The molecule has 1 rings (SSSR count). The molecule has 0 N–H and O–H groups in total. The maximum Gasteiger partial charge on any atom is 0.240 e. The summed E-state index contributed by atoms with van der Waals surface area (Å²) in [5.74, 6) is 0.732. The zero-order chi connectivity index (χ0) is 10.4. The smallest absolute Gasteiger partial charge is 0.240 e. The molecule has 0 saturated carbocycles. The highest BCUT2D eigenvalue weighted by Crippen LogP contribution is 2.20. The van der Waals surface area contributed by atoms with Gasteiger partial charge < -0.3 is 4.74 Å². The van der Waals surface area contributed by atoms with E-state index in [2.05, 4.69) is 11.9 Å². The zero-order valence-corrected chi connectivity index (χ0v) is 8.36. The molecular formula is C11H13NO2. The third kappa shape index (κ3) is 3.04. The van der Waals surface area contributed by atoms with Gasteiger partial charge in [0.25, 0.3) is 0 Å². The lowest BCUT2D eigenvalue weighted by Gasteiger charge is -2.12. The molecule has 1 aromatic carbocycles. The lowest BCUT2D eigenvalue weighted by atomic mass is 10.3. The van der Waals surface area contributed by atoms with E-state index in [4.69, 9.17) is 4.74 Å². The van der Waals surface area contributed by atoms with E-state index in [9.17, 15) is 4.79 Å². The Labute approximate surface area is 83.4 Å². The minimum Gasteiger partial charge on any atom is -0.491 e. The van der Waals surface area contributed by atoms with E-state index in [0.29, 0.717) is 5.69 Å². The summed E-state index contributed by atoms with van der Waals surface area (Å²) >= 11 is 0. The van der Waals surface area contributed by atoms with E-state index in [1.54, 1.807) is 18.2 Å². The van der Waals surface area contributed by atoms with E-state index in [1.807, 2.05) is 13.0 Å². The number of hydrogen-bond donors (Lipinski definition) is 0. The zero-order valence-electron chi connectivity index (χ0n) is 8.36. The maximum absolute atomic E-state index is 10.0. The Balaban J connectivity index is 2.77. The van der Waals surface area contributed by atoms with Crippen LogP contribution in [0.15, 0.2) is 29.3 Å². The van der Waals surface area contributed by atoms with Crippen LogP contribution in [0.25, 0.3) is 0 Å². The molecule has 0 amide bonds. The standard InChI is InChI=1S/C11H13NO2/c1-3-9(2)14-11-6-4-5-10(7-11)12-8-13/h4-7,9H,3H2,1-2H3/t9-/m1/s1. The summed E-state index contributed by atoms with van der Waals surface area (Å²) in [6.45, 7) is 4.05. The normalized spacial score (nSPS) is 11.6. The second-order valence-corrected chi connectivity index (χ2v) is 3.04. The van der Waals surface area contributed by atoms with Crippen LogP contribution in [0.4, 0.5) is 5.69 Å². The first-order valence-electron chi connectivity index (χ1n) is 4.61. The molecule has 0 aliphatic rings. The highest BCUT2D eigenvalue weighted by molar-refractivity contribution is 5.51. The first-order valence-corrected chi connectivity index (χ1v) is 4.61. The van der Waals surface area contributed by atoms with Crippen LogP contribution in [0.2, 0.25) is 0 Å². The molecule has 0 aliphatic carbocycles. The maximum atomic E-state index is 10.0. The largest absolute Gasteiger partial charge is 0.491 e. The van der Waals surface area contributed by atoms with Crippen molar-refractivity contribution in [1.29, 1.82) is 0 Å². The van der Waals surface area contributed by atoms with Crippen LogP contribution in [0.5, 0.6) is 5.75 Å². The molecule has 0 heterocycles. The number of hydrogen-bond acceptors (Lipinski definition) is 3. The summed E-state index contributed by atoms with van der Waals surface area (Å²) in [7, 11) is 0. The highest BCUT2D eigenvalue weighted by Gasteiger charge is 2.00. The van der Waals surface area contributed by atoms with Crippen LogP contribution < -0.4 is 4.74 Å². The molecular weight excluding hydrogens is 178 g/mol. The predicted octanol–water partition coefficient (Wildman–Crippen LogP) is 2.83. The van der Waals surface area contributed by atoms with Gasteiger partial charge in [0.1, 0.15) is 5.75 Å². The van der Waals surface area contributed by atoms with Gasteiger partial charge in [-0.25, -0.2) is 4.79 Å². The number of ether oxygens (including phenoxy) is 1. The van der Waals surface area contributed by atoms with Gasteiger partial charge in [0.05, 0.1) is 11.8 Å². The van der Waals surface area contributed by atoms with E-state index in [1.165, 1.54) is 6.08 Å². The Bertz CT molecular complexity index is 343. The Morgan fingerprint density at radius 3 is 3.00 bits per heavy atom. The van der Waals surface area contributed by atoms with E-state index >= 15 is 0 Å². The number of carbonyl (C=O) groups excluding carboxylic acids is 1. The summed E-state index contributed by atoms with van der Waals surface area (Å²) in [6.07, 6.45) is 2.62. The lowest BCUT2D eigenvalue weighted by molar-refractivity contribution is 0.217. The molecule has 3 nitrogen and oxygen atoms in total. The number of nitrogens with zero attached hydrogens (tertiary/aromatic N) is 1. The van der Waals surface area contributed by atoms with Gasteiger partial charge in [-0.2, -0.15) is 4.99 Å². The molecule has 0 aromatic heterocycles. The van der Waals surface area contributed by atoms with Gasteiger partial charge in [0.15, 0.2) is 0 Å². The van der Waals surface area contributed by atoms with Gasteiger partial charge >= 0.3 is 0 Å². The van der Waals surface area contributed by atoms with E-state index < -0.39 is 0 Å². The fourth-order valence-electron chi connectivity index (χ4n) is 0.995. The molecule has 0 bridgehead atoms. The van der Waals surface area contributed by atoms with Crippen LogP contribution in [-0.2, 0) is 4.79 Å². The van der Waals surface area contributed by atoms with Crippen molar-refractivity contribution >= 4 is 11.8 Å². The summed E-state index contributed by atoms with van der Waals surface area (Å²) in [5, 5.41) is 0. The van der Waals surface area contributed by atoms with Gasteiger partial charge in [-0.1, -0.05) is 13.0 Å². The highest BCUT2D eigenvalue weighted by atomic mass is 16.5. The molecule has 3 heteroatoms. The van der Waals surface area contributed by atoms with Gasteiger partial charge in [0.2, 0.25) is 6.08 Å². The first kappa shape index (κ1) is 10.5. The second-order valence-electron chi connectivity index (χ2n) is 3.04. The Kier molecular flexibility index (Phi) is 3.89. The quantitative estimate of drug-likeness (QED) is 0.542. The van der Waals surface area contributed by atoms with Crippen molar-refractivity contribution in [1.82, 2.24) is 0 Å². The Morgan fingerprint density at radius 1 is 1.57 bits per heavy atom. The molecule has 14 heavy (non-hydrogen) atoms. The molecule has 0 saturated heterocycles. The predicted molar refractivity (Wildman–Crippen MR) is 54.6 cm³/mol. The van der Waals surface area contributed by atoms with Crippen LogP contribution in [0, 0.1) is 0 Å². The SMILES string of the molecule is CC[C@@H](C)Oc1cccc(N=C=O)c1. The Morgan fingerprint density at radius 2 is 2.36 bits per heavy atom. The number of benzene rings is 1. The van der Waals surface area contributed by atoms with Crippen molar-refractivity contribution in [2.24, 2.45) is 4.99 Å². The van der Waals surface area contributed by atoms with Crippen molar-refractivity contribution in [3.63, 3.8) is 0 Å². The molecule has 0 unspecified atom stereocenters.